The minimum atomic E-state index is 0.0302. The number of nitrogens with one attached hydrogen (secondary N) is 1. The summed E-state index contributed by atoms with van der Waals surface area (Å²) < 4.78 is 2.14. The summed E-state index contributed by atoms with van der Waals surface area (Å²) in [4.78, 5) is 21.3. The van der Waals surface area contributed by atoms with Crippen LogP contribution in [-0.2, 0) is 17.6 Å². The predicted molar refractivity (Wildman–Crippen MR) is 110 cm³/mol. The number of hydrogen-bond acceptors (Lipinski definition) is 3. The third kappa shape index (κ3) is 4.09. The molecule has 0 saturated carbocycles. The number of pyridine rings is 1. The van der Waals surface area contributed by atoms with Crippen LogP contribution in [0.25, 0.3) is 16.7 Å². The van der Waals surface area contributed by atoms with Gasteiger partial charge in [-0.25, -0.2) is 4.98 Å². The van der Waals surface area contributed by atoms with Gasteiger partial charge in [0.05, 0.1) is 11.0 Å². The first-order chi connectivity index (χ1) is 13.8. The van der Waals surface area contributed by atoms with Crippen molar-refractivity contribution in [2.24, 2.45) is 0 Å². The molecule has 5 nitrogen and oxygen atoms in total. The van der Waals surface area contributed by atoms with Crippen molar-refractivity contribution in [3.05, 3.63) is 90.5 Å². The van der Waals surface area contributed by atoms with Gasteiger partial charge in [0.15, 0.2) is 0 Å². The van der Waals surface area contributed by atoms with E-state index < -0.39 is 0 Å². The van der Waals surface area contributed by atoms with Crippen molar-refractivity contribution in [3.8, 4) is 5.69 Å². The molecular formula is C23H22N4O. The Morgan fingerprint density at radius 2 is 1.68 bits per heavy atom. The zero-order chi connectivity index (χ0) is 19.2. The van der Waals surface area contributed by atoms with Crippen LogP contribution in [0.1, 0.15) is 17.9 Å². The van der Waals surface area contributed by atoms with E-state index in [2.05, 4.69) is 33.1 Å². The topological polar surface area (TPSA) is 59.8 Å². The number of rotatable bonds is 7. The van der Waals surface area contributed by atoms with E-state index in [0.717, 1.165) is 34.7 Å². The number of amides is 1. The van der Waals surface area contributed by atoms with E-state index >= 15 is 0 Å². The summed E-state index contributed by atoms with van der Waals surface area (Å²) in [5.41, 5.74) is 4.03. The van der Waals surface area contributed by atoms with Crippen molar-refractivity contribution in [1.82, 2.24) is 19.9 Å². The number of para-hydroxylation sites is 3. The Balaban J connectivity index is 1.44. The normalized spacial score (nSPS) is 10.9. The maximum absolute atomic E-state index is 12.3. The van der Waals surface area contributed by atoms with Crippen molar-refractivity contribution < 1.29 is 4.79 Å². The first-order valence-corrected chi connectivity index (χ1v) is 9.49. The number of aryl methyl sites for hydroxylation is 1. The maximum Gasteiger partial charge on any atom is 0.220 e. The molecule has 1 N–H and O–H groups in total. The van der Waals surface area contributed by atoms with Gasteiger partial charge in [-0.05, 0) is 36.4 Å². The highest BCUT2D eigenvalue weighted by atomic mass is 16.1. The average Bonchev–Trinajstić information content (AvgIpc) is 3.12. The van der Waals surface area contributed by atoms with E-state index in [4.69, 9.17) is 4.98 Å². The molecule has 1 amide bonds. The molecule has 0 fully saturated rings. The van der Waals surface area contributed by atoms with Crippen LogP contribution in [0.15, 0.2) is 79.0 Å². The largest absolute Gasteiger partial charge is 0.356 e. The molecular weight excluding hydrogens is 348 g/mol. The number of carbonyl (C=O) groups is 1. The Kier molecular flexibility index (Phi) is 5.43. The second-order valence-electron chi connectivity index (χ2n) is 6.61. The SMILES string of the molecule is O=C(CCc1nc2ccccc2n1-c1ccccc1)NCCc1ccccn1. The monoisotopic (exact) mass is 370 g/mol. The molecule has 140 valence electrons. The van der Waals surface area contributed by atoms with Gasteiger partial charge in [0.2, 0.25) is 5.91 Å². The van der Waals surface area contributed by atoms with Gasteiger partial charge in [-0.2, -0.15) is 0 Å². The molecule has 0 saturated heterocycles. The van der Waals surface area contributed by atoms with Crippen LogP contribution < -0.4 is 5.32 Å². The van der Waals surface area contributed by atoms with Crippen molar-refractivity contribution in [3.63, 3.8) is 0 Å². The van der Waals surface area contributed by atoms with E-state index in [1.807, 2.05) is 54.6 Å². The van der Waals surface area contributed by atoms with E-state index in [0.29, 0.717) is 19.4 Å². The first kappa shape index (κ1) is 17.9. The van der Waals surface area contributed by atoms with Gasteiger partial charge in [-0.1, -0.05) is 36.4 Å². The van der Waals surface area contributed by atoms with Crippen molar-refractivity contribution in [2.75, 3.05) is 6.54 Å². The standard InChI is InChI=1S/C23H22N4O/c28-23(25-17-15-18-8-6-7-16-24-18)14-13-22-26-20-11-4-5-12-21(20)27(22)19-9-2-1-3-10-19/h1-12,16H,13-15,17H2,(H,25,28). The van der Waals surface area contributed by atoms with Crippen LogP contribution >= 0.6 is 0 Å². The summed E-state index contributed by atoms with van der Waals surface area (Å²) in [7, 11) is 0. The first-order valence-electron chi connectivity index (χ1n) is 9.49. The molecule has 4 rings (SSSR count). The Hall–Kier alpha value is -3.47. The van der Waals surface area contributed by atoms with Crippen LogP contribution in [0.5, 0.6) is 0 Å². The van der Waals surface area contributed by atoms with Gasteiger partial charge in [0.25, 0.3) is 0 Å². The van der Waals surface area contributed by atoms with Crippen LogP contribution in [0.3, 0.4) is 0 Å². The lowest BCUT2D eigenvalue weighted by Crippen LogP contribution is -2.26. The molecule has 5 heteroatoms. The van der Waals surface area contributed by atoms with E-state index in [9.17, 15) is 4.79 Å². The van der Waals surface area contributed by atoms with Gasteiger partial charge in [-0.3, -0.25) is 14.3 Å². The van der Waals surface area contributed by atoms with Crippen molar-refractivity contribution in [1.29, 1.82) is 0 Å². The molecule has 0 aliphatic carbocycles. The summed E-state index contributed by atoms with van der Waals surface area (Å²) >= 11 is 0. The van der Waals surface area contributed by atoms with Gasteiger partial charge < -0.3 is 5.32 Å². The Bertz CT molecular complexity index is 1060. The number of hydrogen-bond donors (Lipinski definition) is 1. The quantitative estimate of drug-likeness (QED) is 0.539. The van der Waals surface area contributed by atoms with Gasteiger partial charge in [0, 0.05) is 43.4 Å². The van der Waals surface area contributed by atoms with E-state index in [-0.39, 0.29) is 5.91 Å². The Morgan fingerprint density at radius 1 is 0.893 bits per heavy atom. The minimum absolute atomic E-state index is 0.0302. The summed E-state index contributed by atoms with van der Waals surface area (Å²) in [5, 5.41) is 2.98. The second kappa shape index (κ2) is 8.48. The lowest BCUT2D eigenvalue weighted by molar-refractivity contribution is -0.121. The highest BCUT2D eigenvalue weighted by Crippen LogP contribution is 2.22. The number of benzene rings is 2. The number of fused-ring (bicyclic) bond motifs is 1. The number of imidazole rings is 1. The van der Waals surface area contributed by atoms with Crippen molar-refractivity contribution >= 4 is 16.9 Å². The molecule has 0 radical (unpaired) electrons. The Labute approximate surface area is 164 Å². The highest BCUT2D eigenvalue weighted by Gasteiger charge is 2.13. The minimum Gasteiger partial charge on any atom is -0.356 e. The molecule has 0 aliphatic heterocycles. The second-order valence-corrected chi connectivity index (χ2v) is 6.61. The van der Waals surface area contributed by atoms with Gasteiger partial charge in [-0.15, -0.1) is 0 Å². The number of carbonyl (C=O) groups excluding carboxylic acids is 1. The van der Waals surface area contributed by atoms with Gasteiger partial charge in [0.1, 0.15) is 5.82 Å². The summed E-state index contributed by atoms with van der Waals surface area (Å²) in [6.45, 7) is 0.588. The molecule has 0 bridgehead atoms. The predicted octanol–water partition coefficient (Wildman–Crippen LogP) is 3.71. The summed E-state index contributed by atoms with van der Waals surface area (Å²) in [6.07, 6.45) is 3.48. The van der Waals surface area contributed by atoms with E-state index in [1.54, 1.807) is 6.20 Å². The maximum atomic E-state index is 12.3. The van der Waals surface area contributed by atoms with Crippen LogP contribution in [0.2, 0.25) is 0 Å². The smallest absolute Gasteiger partial charge is 0.220 e. The fourth-order valence-corrected chi connectivity index (χ4v) is 3.30. The molecule has 4 aromatic rings. The van der Waals surface area contributed by atoms with Gasteiger partial charge >= 0.3 is 0 Å². The number of aromatic nitrogens is 3. The van der Waals surface area contributed by atoms with E-state index in [1.165, 1.54) is 0 Å². The Morgan fingerprint density at radius 3 is 2.50 bits per heavy atom. The zero-order valence-corrected chi connectivity index (χ0v) is 15.6. The molecule has 28 heavy (non-hydrogen) atoms. The fourth-order valence-electron chi connectivity index (χ4n) is 3.30. The third-order valence-electron chi connectivity index (χ3n) is 4.65. The fraction of sp³-hybridized carbons (Fsp3) is 0.174. The van der Waals surface area contributed by atoms with Crippen molar-refractivity contribution in [2.45, 2.75) is 19.3 Å². The third-order valence-corrected chi connectivity index (χ3v) is 4.65. The molecule has 2 heterocycles. The van der Waals surface area contributed by atoms with Crippen LogP contribution in [0, 0.1) is 0 Å². The summed E-state index contributed by atoms with van der Waals surface area (Å²) in [5.74, 6) is 0.926. The molecule has 0 aliphatic rings. The lowest BCUT2D eigenvalue weighted by atomic mass is 10.2. The van der Waals surface area contributed by atoms with Crippen LogP contribution in [-0.4, -0.2) is 27.0 Å². The lowest BCUT2D eigenvalue weighted by Gasteiger charge is -2.09. The zero-order valence-electron chi connectivity index (χ0n) is 15.6. The van der Waals surface area contributed by atoms with Crippen LogP contribution in [0.4, 0.5) is 0 Å². The molecule has 2 aromatic heterocycles. The highest BCUT2D eigenvalue weighted by molar-refractivity contribution is 5.79. The molecule has 2 aromatic carbocycles. The molecule has 0 atom stereocenters. The number of nitrogens with zero attached hydrogens (tertiary/aromatic N) is 3. The summed E-state index contributed by atoms with van der Waals surface area (Å²) in [6, 6.07) is 24.0. The average molecular weight is 370 g/mol. The molecule has 0 unspecified atom stereocenters. The molecule has 0 spiro atoms.